The first-order chi connectivity index (χ1) is 13.0. The van der Waals surface area contributed by atoms with Crippen molar-refractivity contribution in [2.45, 2.75) is 33.2 Å². The molecule has 0 spiro atoms. The fraction of sp³-hybridized carbons (Fsp3) is 0.273. The Bertz CT molecular complexity index is 929. The highest BCUT2D eigenvalue weighted by atomic mass is 16.5. The molecule has 0 saturated carbocycles. The molecule has 1 atom stereocenters. The molecule has 0 bridgehead atoms. The molecule has 140 valence electrons. The Labute approximate surface area is 160 Å². The average molecular weight is 363 g/mol. The van der Waals surface area contributed by atoms with Crippen molar-refractivity contribution in [3.8, 4) is 22.7 Å². The number of hydrogen-bond acceptors (Lipinski definition) is 3. The van der Waals surface area contributed by atoms with Gasteiger partial charge in [-0.1, -0.05) is 36.8 Å². The van der Waals surface area contributed by atoms with Gasteiger partial charge in [0.15, 0.2) is 0 Å². The minimum absolute atomic E-state index is 0.0964. The van der Waals surface area contributed by atoms with Gasteiger partial charge in [0, 0.05) is 11.6 Å². The molecule has 0 aliphatic carbocycles. The van der Waals surface area contributed by atoms with E-state index >= 15 is 0 Å². The first-order valence-corrected chi connectivity index (χ1v) is 9.14. The van der Waals surface area contributed by atoms with Crippen LogP contribution in [-0.4, -0.2) is 28.8 Å². The largest absolute Gasteiger partial charge is 0.497 e. The Morgan fingerprint density at radius 2 is 1.93 bits per heavy atom. The van der Waals surface area contributed by atoms with Crippen molar-refractivity contribution in [1.29, 1.82) is 0 Å². The van der Waals surface area contributed by atoms with Gasteiger partial charge in [-0.15, -0.1) is 0 Å². The third kappa shape index (κ3) is 4.19. The van der Waals surface area contributed by atoms with Crippen molar-refractivity contribution in [1.82, 2.24) is 15.1 Å². The Morgan fingerprint density at radius 1 is 1.19 bits per heavy atom. The van der Waals surface area contributed by atoms with Gasteiger partial charge < -0.3 is 10.1 Å². The van der Waals surface area contributed by atoms with Crippen LogP contribution in [0.3, 0.4) is 0 Å². The highest BCUT2D eigenvalue weighted by molar-refractivity contribution is 5.94. The molecule has 2 aromatic carbocycles. The average Bonchev–Trinajstić information content (AvgIpc) is 3.14. The second-order valence-corrected chi connectivity index (χ2v) is 6.68. The Hall–Kier alpha value is -3.08. The topological polar surface area (TPSA) is 56.1 Å². The van der Waals surface area contributed by atoms with E-state index in [2.05, 4.69) is 5.32 Å². The lowest BCUT2D eigenvalue weighted by Gasteiger charge is -2.12. The van der Waals surface area contributed by atoms with Crippen molar-refractivity contribution >= 4 is 5.91 Å². The van der Waals surface area contributed by atoms with Crippen LogP contribution in [-0.2, 0) is 0 Å². The molecule has 0 saturated heterocycles. The summed E-state index contributed by atoms with van der Waals surface area (Å²) in [5, 5.41) is 7.74. The fourth-order valence-corrected chi connectivity index (χ4v) is 2.75. The van der Waals surface area contributed by atoms with Crippen LogP contribution in [0.2, 0.25) is 0 Å². The first kappa shape index (κ1) is 18.7. The highest BCUT2D eigenvalue weighted by Gasteiger charge is 2.19. The van der Waals surface area contributed by atoms with Crippen LogP contribution in [0.5, 0.6) is 5.75 Å². The van der Waals surface area contributed by atoms with Crippen LogP contribution in [0.25, 0.3) is 16.9 Å². The summed E-state index contributed by atoms with van der Waals surface area (Å²) < 4.78 is 7.01. The molecule has 0 radical (unpaired) electrons. The Balaban J connectivity index is 2.07. The van der Waals surface area contributed by atoms with Crippen LogP contribution in [0, 0.1) is 6.92 Å². The maximum Gasteiger partial charge on any atom is 0.270 e. The number of aromatic nitrogens is 2. The molecule has 1 amide bonds. The number of carbonyl (C=O) groups excluding carboxylic acids is 1. The van der Waals surface area contributed by atoms with E-state index in [4.69, 9.17) is 9.84 Å². The lowest BCUT2D eigenvalue weighted by Crippen LogP contribution is -2.33. The van der Waals surface area contributed by atoms with Crippen LogP contribution in [0.1, 0.15) is 36.3 Å². The van der Waals surface area contributed by atoms with Crippen molar-refractivity contribution in [2.75, 3.05) is 7.11 Å². The molecule has 1 N–H and O–H groups in total. The first-order valence-electron chi connectivity index (χ1n) is 9.14. The number of aryl methyl sites for hydroxylation is 1. The van der Waals surface area contributed by atoms with Gasteiger partial charge in [0.05, 0.1) is 18.5 Å². The van der Waals surface area contributed by atoms with Crippen LogP contribution >= 0.6 is 0 Å². The van der Waals surface area contributed by atoms with Crippen LogP contribution in [0.15, 0.2) is 54.6 Å². The number of amides is 1. The minimum atomic E-state index is -0.133. The summed E-state index contributed by atoms with van der Waals surface area (Å²) in [5.41, 5.74) is 4.15. The zero-order valence-corrected chi connectivity index (χ0v) is 16.2. The number of benzene rings is 2. The lowest BCUT2D eigenvalue weighted by molar-refractivity contribution is 0.0931. The normalized spacial score (nSPS) is 11.9. The number of methoxy groups -OCH3 is 1. The predicted molar refractivity (Wildman–Crippen MR) is 108 cm³/mol. The minimum Gasteiger partial charge on any atom is -0.497 e. The van der Waals surface area contributed by atoms with Crippen LogP contribution < -0.4 is 10.1 Å². The molecule has 3 rings (SSSR count). The monoisotopic (exact) mass is 363 g/mol. The maximum atomic E-state index is 12.8. The number of rotatable bonds is 6. The van der Waals surface area contributed by atoms with Crippen molar-refractivity contribution in [3.05, 3.63) is 65.9 Å². The van der Waals surface area contributed by atoms with Gasteiger partial charge >= 0.3 is 0 Å². The second kappa shape index (κ2) is 8.08. The number of nitrogens with zero attached hydrogens (tertiary/aromatic N) is 2. The van der Waals surface area contributed by atoms with E-state index < -0.39 is 0 Å². The van der Waals surface area contributed by atoms with E-state index in [1.807, 2.05) is 75.4 Å². The molecule has 0 unspecified atom stereocenters. The predicted octanol–water partition coefficient (Wildman–Crippen LogP) is 4.38. The zero-order valence-electron chi connectivity index (χ0n) is 16.2. The Kier molecular flexibility index (Phi) is 5.60. The molecular weight excluding hydrogens is 338 g/mol. The van der Waals surface area contributed by atoms with E-state index in [0.29, 0.717) is 5.69 Å². The van der Waals surface area contributed by atoms with Gasteiger partial charge in [-0.25, -0.2) is 4.68 Å². The summed E-state index contributed by atoms with van der Waals surface area (Å²) in [6.45, 7) is 6.07. The molecule has 1 heterocycles. The maximum absolute atomic E-state index is 12.8. The number of hydrogen-bond donors (Lipinski definition) is 1. The summed E-state index contributed by atoms with van der Waals surface area (Å²) in [6, 6.07) is 17.6. The van der Waals surface area contributed by atoms with Gasteiger partial charge in [0.25, 0.3) is 5.91 Å². The third-order valence-electron chi connectivity index (χ3n) is 4.58. The van der Waals surface area contributed by atoms with E-state index in [1.54, 1.807) is 11.8 Å². The molecule has 5 nitrogen and oxygen atoms in total. The van der Waals surface area contributed by atoms with E-state index in [0.717, 1.165) is 34.7 Å². The quantitative estimate of drug-likeness (QED) is 0.707. The number of ether oxygens (including phenoxy) is 1. The summed E-state index contributed by atoms with van der Waals surface area (Å²) in [6.07, 6.45) is 0.868. The van der Waals surface area contributed by atoms with E-state index in [-0.39, 0.29) is 11.9 Å². The number of nitrogens with one attached hydrogen (secondary N) is 1. The van der Waals surface area contributed by atoms with Crippen molar-refractivity contribution < 1.29 is 9.53 Å². The SMILES string of the molecule is CC[C@H](C)NC(=O)c1cc(-c2cccc(OC)c2)nn1-c1ccc(C)cc1. The van der Waals surface area contributed by atoms with E-state index in [1.165, 1.54) is 0 Å². The second-order valence-electron chi connectivity index (χ2n) is 6.68. The zero-order chi connectivity index (χ0) is 19.4. The summed E-state index contributed by atoms with van der Waals surface area (Å²) in [5.74, 6) is 0.620. The van der Waals surface area contributed by atoms with Crippen molar-refractivity contribution in [3.63, 3.8) is 0 Å². The summed E-state index contributed by atoms with van der Waals surface area (Å²) in [4.78, 5) is 12.8. The van der Waals surface area contributed by atoms with Crippen LogP contribution in [0.4, 0.5) is 0 Å². The molecule has 5 heteroatoms. The van der Waals surface area contributed by atoms with Gasteiger partial charge in [-0.05, 0) is 50.6 Å². The molecule has 0 aliphatic heterocycles. The van der Waals surface area contributed by atoms with E-state index in [9.17, 15) is 4.79 Å². The number of carbonyl (C=O) groups is 1. The highest BCUT2D eigenvalue weighted by Crippen LogP contribution is 2.25. The standard InChI is InChI=1S/C22H25N3O2/c1-5-16(3)23-22(26)21-14-20(17-7-6-8-19(13-17)27-4)24-25(21)18-11-9-15(2)10-12-18/h6-14,16H,5H2,1-4H3,(H,23,26)/t16-/m0/s1. The smallest absolute Gasteiger partial charge is 0.270 e. The third-order valence-corrected chi connectivity index (χ3v) is 4.58. The Morgan fingerprint density at radius 3 is 2.59 bits per heavy atom. The van der Waals surface area contributed by atoms with Gasteiger partial charge in [-0.2, -0.15) is 5.10 Å². The van der Waals surface area contributed by atoms with Gasteiger partial charge in [0.1, 0.15) is 11.4 Å². The van der Waals surface area contributed by atoms with Crippen molar-refractivity contribution in [2.24, 2.45) is 0 Å². The molecule has 1 aromatic heterocycles. The molecule has 3 aromatic rings. The molecular formula is C22H25N3O2. The molecule has 27 heavy (non-hydrogen) atoms. The lowest BCUT2D eigenvalue weighted by atomic mass is 10.1. The van der Waals surface area contributed by atoms with Gasteiger partial charge in [-0.3, -0.25) is 4.79 Å². The fourth-order valence-electron chi connectivity index (χ4n) is 2.75. The summed E-state index contributed by atoms with van der Waals surface area (Å²) in [7, 11) is 1.63. The molecule has 0 fully saturated rings. The van der Waals surface area contributed by atoms with Gasteiger partial charge in [0.2, 0.25) is 0 Å². The molecule has 0 aliphatic rings. The summed E-state index contributed by atoms with van der Waals surface area (Å²) >= 11 is 0.